The molecule has 1 saturated carbocycles. The fraction of sp³-hybridized carbons (Fsp3) is 0.304. The molecule has 3 aromatic rings. The Kier molecular flexibility index (Phi) is 9.30. The topological polar surface area (TPSA) is 98.0 Å². The van der Waals surface area contributed by atoms with Crippen LogP contribution in [-0.2, 0) is 10.0 Å². The van der Waals surface area contributed by atoms with Crippen molar-refractivity contribution in [2.75, 3.05) is 5.73 Å². The number of rotatable bonds is 5. The van der Waals surface area contributed by atoms with E-state index in [1.165, 1.54) is 18.5 Å². The van der Waals surface area contributed by atoms with Crippen molar-refractivity contribution >= 4 is 42.8 Å². The molecule has 0 saturated heterocycles. The predicted molar refractivity (Wildman–Crippen MR) is 140 cm³/mol. The minimum atomic E-state index is -3.76. The molecular weight excluding hydrogens is 479 g/mol. The standard InChI is InChI=1S/C23H25FN4O2S.2H2S/c1-15-6-2-4-8-20(15)28-31(29,30)22-9-5-3-7-17(22)16-10-11-18(19(24)12-16)21-13-27-23(25)14-26-21;;/h3,5,7,9-15,20,28H,2,4,6,8H2,1H3,(H2,25,27);2*1H2/t15-,20-;;/m0../s1. The molecule has 2 atom stereocenters. The molecule has 0 unspecified atom stereocenters. The van der Waals surface area contributed by atoms with Crippen LogP contribution in [0.15, 0.2) is 59.8 Å². The summed E-state index contributed by atoms with van der Waals surface area (Å²) in [6.07, 6.45) is 6.74. The van der Waals surface area contributed by atoms with Gasteiger partial charge in [0, 0.05) is 17.2 Å². The fourth-order valence-corrected chi connectivity index (χ4v) is 5.67. The molecule has 10 heteroatoms. The predicted octanol–water partition coefficient (Wildman–Crippen LogP) is 4.61. The number of nitrogens with two attached hydrogens (primary N) is 1. The fourth-order valence-electron chi connectivity index (χ4n) is 4.06. The molecule has 1 aromatic heterocycles. The highest BCUT2D eigenvalue weighted by Crippen LogP contribution is 2.32. The summed E-state index contributed by atoms with van der Waals surface area (Å²) in [7, 11) is -3.76. The van der Waals surface area contributed by atoms with Gasteiger partial charge in [-0.15, -0.1) is 0 Å². The maximum atomic E-state index is 14.9. The van der Waals surface area contributed by atoms with Gasteiger partial charge in [-0.3, -0.25) is 4.98 Å². The van der Waals surface area contributed by atoms with E-state index in [1.54, 1.807) is 36.4 Å². The lowest BCUT2D eigenvalue weighted by atomic mass is 9.87. The second kappa shape index (κ2) is 11.3. The third-order valence-corrected chi connectivity index (χ3v) is 7.37. The van der Waals surface area contributed by atoms with Crippen LogP contribution >= 0.6 is 27.0 Å². The molecule has 33 heavy (non-hydrogen) atoms. The van der Waals surface area contributed by atoms with Gasteiger partial charge >= 0.3 is 0 Å². The molecule has 1 heterocycles. The van der Waals surface area contributed by atoms with E-state index < -0.39 is 15.8 Å². The third kappa shape index (κ3) is 6.06. The van der Waals surface area contributed by atoms with E-state index in [0.717, 1.165) is 25.7 Å². The zero-order chi connectivity index (χ0) is 22.0. The number of hydrogen-bond donors (Lipinski definition) is 2. The summed E-state index contributed by atoms with van der Waals surface area (Å²) in [6, 6.07) is 11.2. The Balaban J connectivity index is 0.00000193. The van der Waals surface area contributed by atoms with Crippen LogP contribution in [0.25, 0.3) is 22.4 Å². The molecule has 0 amide bonds. The lowest BCUT2D eigenvalue weighted by Crippen LogP contribution is -2.41. The van der Waals surface area contributed by atoms with Crippen LogP contribution in [0, 0.1) is 11.7 Å². The van der Waals surface area contributed by atoms with Crippen molar-refractivity contribution in [3.05, 3.63) is 60.7 Å². The summed E-state index contributed by atoms with van der Waals surface area (Å²) < 4.78 is 44.2. The van der Waals surface area contributed by atoms with E-state index in [0.29, 0.717) is 16.8 Å². The van der Waals surface area contributed by atoms with Crippen molar-refractivity contribution in [2.24, 2.45) is 5.92 Å². The quantitative estimate of drug-likeness (QED) is 0.524. The van der Waals surface area contributed by atoms with Gasteiger partial charge in [0.05, 0.1) is 23.0 Å². The number of nitrogens with zero attached hydrogens (tertiary/aromatic N) is 2. The summed E-state index contributed by atoms with van der Waals surface area (Å²) in [5.74, 6) is 0.0192. The smallest absolute Gasteiger partial charge is 0.241 e. The van der Waals surface area contributed by atoms with Crippen LogP contribution in [0.1, 0.15) is 32.6 Å². The van der Waals surface area contributed by atoms with E-state index in [2.05, 4.69) is 21.6 Å². The number of nitrogen functional groups attached to an aromatic ring is 1. The van der Waals surface area contributed by atoms with E-state index in [-0.39, 0.29) is 55.2 Å². The summed E-state index contributed by atoms with van der Waals surface area (Å²) >= 11 is 0. The third-order valence-electron chi connectivity index (χ3n) is 5.82. The van der Waals surface area contributed by atoms with Crippen LogP contribution in [0.2, 0.25) is 0 Å². The Morgan fingerprint density at radius 3 is 2.39 bits per heavy atom. The van der Waals surface area contributed by atoms with Crippen LogP contribution in [-0.4, -0.2) is 24.4 Å². The first kappa shape index (κ1) is 27.1. The molecular formula is C23H29FN4O2S3. The molecule has 178 valence electrons. The maximum Gasteiger partial charge on any atom is 0.241 e. The van der Waals surface area contributed by atoms with Crippen LogP contribution in [0.3, 0.4) is 0 Å². The van der Waals surface area contributed by atoms with Crippen molar-refractivity contribution in [3.63, 3.8) is 0 Å². The van der Waals surface area contributed by atoms with Gasteiger partial charge in [-0.1, -0.05) is 44.0 Å². The van der Waals surface area contributed by atoms with E-state index in [1.807, 2.05) is 0 Å². The van der Waals surface area contributed by atoms with Crippen molar-refractivity contribution in [2.45, 2.75) is 43.5 Å². The molecule has 3 N–H and O–H groups in total. The number of sulfonamides is 1. The molecule has 0 aliphatic heterocycles. The van der Waals surface area contributed by atoms with Gasteiger partial charge < -0.3 is 5.73 Å². The van der Waals surface area contributed by atoms with Crippen LogP contribution in [0.5, 0.6) is 0 Å². The highest BCUT2D eigenvalue weighted by molar-refractivity contribution is 7.89. The second-order valence-corrected chi connectivity index (χ2v) is 9.69. The number of hydrogen-bond acceptors (Lipinski definition) is 5. The molecule has 1 aliphatic carbocycles. The van der Waals surface area contributed by atoms with E-state index in [4.69, 9.17) is 5.73 Å². The van der Waals surface area contributed by atoms with E-state index >= 15 is 0 Å². The zero-order valence-corrected chi connectivity index (χ0v) is 21.1. The van der Waals surface area contributed by atoms with Crippen molar-refractivity contribution in [1.29, 1.82) is 0 Å². The van der Waals surface area contributed by atoms with Gasteiger partial charge in [-0.2, -0.15) is 27.0 Å². The first-order chi connectivity index (χ1) is 14.8. The van der Waals surface area contributed by atoms with Gasteiger partial charge in [0.25, 0.3) is 0 Å². The number of aromatic nitrogens is 2. The first-order valence-corrected chi connectivity index (χ1v) is 11.8. The highest BCUT2D eigenvalue weighted by Gasteiger charge is 2.28. The minimum absolute atomic E-state index is 0. The molecule has 1 fully saturated rings. The zero-order valence-electron chi connectivity index (χ0n) is 18.3. The number of benzene rings is 2. The van der Waals surface area contributed by atoms with Crippen LogP contribution in [0.4, 0.5) is 10.2 Å². The lowest BCUT2D eigenvalue weighted by Gasteiger charge is -2.29. The lowest BCUT2D eigenvalue weighted by molar-refractivity contribution is 0.310. The Morgan fingerprint density at radius 1 is 1.00 bits per heavy atom. The summed E-state index contributed by atoms with van der Waals surface area (Å²) in [4.78, 5) is 8.20. The average molecular weight is 509 g/mol. The second-order valence-electron chi connectivity index (χ2n) is 8.01. The summed E-state index contributed by atoms with van der Waals surface area (Å²) in [5, 5.41) is 0. The largest absolute Gasteiger partial charge is 0.382 e. The van der Waals surface area contributed by atoms with Gasteiger partial charge in [0.2, 0.25) is 10.0 Å². The Morgan fingerprint density at radius 2 is 1.73 bits per heavy atom. The molecule has 0 bridgehead atoms. The summed E-state index contributed by atoms with van der Waals surface area (Å²) in [5.41, 5.74) is 7.09. The SMILES string of the molecule is C[C@H]1CCCC[C@@H]1NS(=O)(=O)c1ccccc1-c1ccc(-c2cnc(N)cn2)c(F)c1.S.S. The van der Waals surface area contributed by atoms with Gasteiger partial charge in [-0.05, 0) is 42.5 Å². The van der Waals surface area contributed by atoms with Gasteiger partial charge in [-0.25, -0.2) is 22.5 Å². The molecule has 6 nitrogen and oxygen atoms in total. The van der Waals surface area contributed by atoms with Gasteiger partial charge in [0.15, 0.2) is 0 Å². The van der Waals surface area contributed by atoms with Crippen molar-refractivity contribution in [3.8, 4) is 22.4 Å². The summed E-state index contributed by atoms with van der Waals surface area (Å²) in [6.45, 7) is 2.08. The van der Waals surface area contributed by atoms with E-state index in [9.17, 15) is 12.8 Å². The number of anilines is 1. The Hall–Kier alpha value is -2.14. The number of halogens is 1. The Bertz CT molecular complexity index is 1190. The van der Waals surface area contributed by atoms with Crippen molar-refractivity contribution in [1.82, 2.24) is 14.7 Å². The average Bonchev–Trinajstić information content (AvgIpc) is 2.76. The molecule has 1 aliphatic rings. The first-order valence-electron chi connectivity index (χ1n) is 10.3. The molecule has 0 radical (unpaired) electrons. The molecule has 2 aromatic carbocycles. The molecule has 4 rings (SSSR count). The monoisotopic (exact) mass is 508 g/mol. The maximum absolute atomic E-state index is 14.9. The Labute approximate surface area is 208 Å². The van der Waals surface area contributed by atoms with Crippen molar-refractivity contribution < 1.29 is 12.8 Å². The highest BCUT2D eigenvalue weighted by atomic mass is 32.2. The number of nitrogens with one attached hydrogen (secondary N) is 1. The van der Waals surface area contributed by atoms with Crippen LogP contribution < -0.4 is 10.5 Å². The van der Waals surface area contributed by atoms with Gasteiger partial charge in [0.1, 0.15) is 11.6 Å². The normalized spacial score (nSPS) is 18.1. The minimum Gasteiger partial charge on any atom is -0.382 e. The molecule has 0 spiro atoms.